The highest BCUT2D eigenvalue weighted by Crippen LogP contribution is 2.19. The molecule has 18 heavy (non-hydrogen) atoms. The van der Waals surface area contributed by atoms with Crippen molar-refractivity contribution in [3.8, 4) is 0 Å². The first kappa shape index (κ1) is 14.7. The number of amides is 1. The van der Waals surface area contributed by atoms with E-state index < -0.39 is 5.97 Å². The fourth-order valence-electron chi connectivity index (χ4n) is 2.09. The van der Waals surface area contributed by atoms with Crippen molar-refractivity contribution in [3.05, 3.63) is 11.6 Å². The van der Waals surface area contributed by atoms with Gasteiger partial charge in [-0.05, 0) is 38.5 Å². The molecule has 0 saturated carbocycles. The average Bonchev–Trinajstić information content (AvgIpc) is 2.35. The van der Waals surface area contributed by atoms with E-state index in [1.807, 2.05) is 0 Å². The number of hydrogen-bond donors (Lipinski definition) is 2. The molecule has 2 N–H and O–H groups in total. The van der Waals surface area contributed by atoms with Gasteiger partial charge in [-0.1, -0.05) is 18.6 Å². The molecule has 4 heteroatoms. The molecule has 0 saturated heterocycles. The minimum Gasteiger partial charge on any atom is -0.481 e. The SMILES string of the molecule is CC(CCCNC(=O)CC1=CCCCC1)C(=O)O. The summed E-state index contributed by atoms with van der Waals surface area (Å²) in [5.74, 6) is -1.04. The first-order valence-corrected chi connectivity index (χ1v) is 6.77. The van der Waals surface area contributed by atoms with Gasteiger partial charge < -0.3 is 10.4 Å². The topological polar surface area (TPSA) is 66.4 Å². The van der Waals surface area contributed by atoms with Crippen LogP contribution in [-0.2, 0) is 9.59 Å². The Morgan fingerprint density at radius 2 is 2.22 bits per heavy atom. The second-order valence-electron chi connectivity index (χ2n) is 5.02. The predicted molar refractivity (Wildman–Crippen MR) is 70.2 cm³/mol. The minimum atomic E-state index is -0.770. The van der Waals surface area contributed by atoms with Crippen LogP contribution in [0.2, 0.25) is 0 Å². The number of carboxylic acid groups (broad SMARTS) is 1. The molecule has 0 fully saturated rings. The number of aliphatic carboxylic acids is 1. The molecule has 1 aliphatic carbocycles. The second kappa shape index (κ2) is 7.90. The number of carboxylic acids is 1. The standard InChI is InChI=1S/C14H23NO3/c1-11(14(17)18)6-5-9-15-13(16)10-12-7-3-2-4-8-12/h7,11H,2-6,8-10H2,1H3,(H,15,16)(H,17,18). The van der Waals surface area contributed by atoms with Crippen LogP contribution in [0.4, 0.5) is 0 Å². The van der Waals surface area contributed by atoms with Gasteiger partial charge in [0.25, 0.3) is 0 Å². The normalized spacial score (nSPS) is 16.8. The molecule has 1 amide bonds. The molecule has 0 radical (unpaired) electrons. The van der Waals surface area contributed by atoms with Crippen LogP contribution in [0, 0.1) is 5.92 Å². The quantitative estimate of drug-likeness (QED) is 0.541. The second-order valence-corrected chi connectivity index (χ2v) is 5.02. The Kier molecular flexibility index (Phi) is 6.47. The van der Waals surface area contributed by atoms with Crippen molar-refractivity contribution >= 4 is 11.9 Å². The molecule has 1 atom stereocenters. The third-order valence-electron chi connectivity index (χ3n) is 3.33. The lowest BCUT2D eigenvalue weighted by Crippen LogP contribution is -2.25. The van der Waals surface area contributed by atoms with Crippen molar-refractivity contribution in [2.45, 2.75) is 51.9 Å². The summed E-state index contributed by atoms with van der Waals surface area (Å²) >= 11 is 0. The van der Waals surface area contributed by atoms with E-state index in [2.05, 4.69) is 11.4 Å². The van der Waals surface area contributed by atoms with E-state index in [4.69, 9.17) is 5.11 Å². The number of carbonyl (C=O) groups excluding carboxylic acids is 1. The van der Waals surface area contributed by atoms with E-state index in [9.17, 15) is 9.59 Å². The molecule has 4 nitrogen and oxygen atoms in total. The monoisotopic (exact) mass is 253 g/mol. The van der Waals surface area contributed by atoms with Gasteiger partial charge in [0, 0.05) is 13.0 Å². The van der Waals surface area contributed by atoms with E-state index in [0.29, 0.717) is 19.4 Å². The fraction of sp³-hybridized carbons (Fsp3) is 0.714. The Morgan fingerprint density at radius 1 is 1.44 bits per heavy atom. The Labute approximate surface area is 108 Å². The lowest BCUT2D eigenvalue weighted by Gasteiger charge is -2.12. The van der Waals surface area contributed by atoms with Crippen molar-refractivity contribution < 1.29 is 14.7 Å². The maximum atomic E-state index is 11.6. The molecule has 0 heterocycles. The zero-order valence-electron chi connectivity index (χ0n) is 11.1. The highest BCUT2D eigenvalue weighted by molar-refractivity contribution is 5.78. The van der Waals surface area contributed by atoms with Crippen LogP contribution in [0.3, 0.4) is 0 Å². The zero-order valence-corrected chi connectivity index (χ0v) is 11.1. The van der Waals surface area contributed by atoms with Gasteiger partial charge in [0.05, 0.1) is 5.92 Å². The van der Waals surface area contributed by atoms with Crippen molar-refractivity contribution in [2.75, 3.05) is 6.54 Å². The van der Waals surface area contributed by atoms with Crippen LogP contribution in [0.15, 0.2) is 11.6 Å². The Bertz CT molecular complexity index is 323. The third-order valence-corrected chi connectivity index (χ3v) is 3.33. The summed E-state index contributed by atoms with van der Waals surface area (Å²) < 4.78 is 0. The predicted octanol–water partition coefficient (Wildman–Crippen LogP) is 2.49. The first-order chi connectivity index (χ1) is 8.59. The van der Waals surface area contributed by atoms with Crippen LogP contribution in [0.25, 0.3) is 0 Å². The highest BCUT2D eigenvalue weighted by Gasteiger charge is 2.11. The van der Waals surface area contributed by atoms with Crippen LogP contribution < -0.4 is 5.32 Å². The molecule has 0 spiro atoms. The summed E-state index contributed by atoms with van der Waals surface area (Å²) in [5.41, 5.74) is 1.25. The van der Waals surface area contributed by atoms with Crippen LogP contribution in [0.1, 0.15) is 51.9 Å². The summed E-state index contributed by atoms with van der Waals surface area (Å²) in [7, 11) is 0. The molecule has 102 valence electrons. The van der Waals surface area contributed by atoms with Gasteiger partial charge in [-0.3, -0.25) is 9.59 Å². The molecule has 0 bridgehead atoms. The average molecular weight is 253 g/mol. The minimum absolute atomic E-state index is 0.0612. The van der Waals surface area contributed by atoms with Gasteiger partial charge in [0.1, 0.15) is 0 Å². The summed E-state index contributed by atoms with van der Waals surface area (Å²) in [6.45, 7) is 2.26. The number of carbonyl (C=O) groups is 2. The van der Waals surface area contributed by atoms with Crippen molar-refractivity contribution in [1.82, 2.24) is 5.32 Å². The van der Waals surface area contributed by atoms with E-state index >= 15 is 0 Å². The molecule has 1 rings (SSSR count). The van der Waals surface area contributed by atoms with Crippen molar-refractivity contribution in [1.29, 1.82) is 0 Å². The number of rotatable bonds is 7. The number of nitrogens with one attached hydrogen (secondary N) is 1. The summed E-state index contributed by atoms with van der Waals surface area (Å²) in [4.78, 5) is 22.2. The van der Waals surface area contributed by atoms with E-state index in [1.165, 1.54) is 18.4 Å². The number of allylic oxidation sites excluding steroid dienone is 1. The lowest BCUT2D eigenvalue weighted by molar-refractivity contribution is -0.141. The molecular formula is C14H23NO3. The Hall–Kier alpha value is -1.32. The van der Waals surface area contributed by atoms with Crippen LogP contribution >= 0.6 is 0 Å². The highest BCUT2D eigenvalue weighted by atomic mass is 16.4. The summed E-state index contributed by atoms with van der Waals surface area (Å²) in [5, 5.41) is 11.6. The van der Waals surface area contributed by atoms with Gasteiger partial charge in [-0.15, -0.1) is 0 Å². The first-order valence-electron chi connectivity index (χ1n) is 6.77. The third kappa shape index (κ3) is 5.84. The zero-order chi connectivity index (χ0) is 13.4. The Balaban J connectivity index is 2.10. The Morgan fingerprint density at radius 3 is 2.83 bits per heavy atom. The van der Waals surface area contributed by atoms with E-state index in [-0.39, 0.29) is 11.8 Å². The van der Waals surface area contributed by atoms with Gasteiger partial charge >= 0.3 is 5.97 Å². The smallest absolute Gasteiger partial charge is 0.306 e. The van der Waals surface area contributed by atoms with Gasteiger partial charge in [-0.25, -0.2) is 0 Å². The van der Waals surface area contributed by atoms with E-state index in [0.717, 1.165) is 19.3 Å². The van der Waals surface area contributed by atoms with Crippen LogP contribution in [0.5, 0.6) is 0 Å². The van der Waals surface area contributed by atoms with Gasteiger partial charge in [0.2, 0.25) is 5.91 Å². The van der Waals surface area contributed by atoms with Gasteiger partial charge in [0.15, 0.2) is 0 Å². The van der Waals surface area contributed by atoms with Crippen LogP contribution in [-0.4, -0.2) is 23.5 Å². The molecule has 0 aromatic carbocycles. The number of hydrogen-bond acceptors (Lipinski definition) is 2. The fourth-order valence-corrected chi connectivity index (χ4v) is 2.09. The molecule has 0 aromatic heterocycles. The molecule has 1 aliphatic rings. The summed E-state index contributed by atoms with van der Waals surface area (Å²) in [6.07, 6.45) is 8.58. The van der Waals surface area contributed by atoms with Crippen molar-refractivity contribution in [3.63, 3.8) is 0 Å². The lowest BCUT2D eigenvalue weighted by atomic mass is 9.97. The van der Waals surface area contributed by atoms with Gasteiger partial charge in [-0.2, -0.15) is 0 Å². The molecule has 0 aliphatic heterocycles. The molecular weight excluding hydrogens is 230 g/mol. The van der Waals surface area contributed by atoms with Crippen molar-refractivity contribution in [2.24, 2.45) is 5.92 Å². The maximum absolute atomic E-state index is 11.6. The molecule has 1 unspecified atom stereocenters. The molecule has 0 aromatic rings. The van der Waals surface area contributed by atoms with E-state index in [1.54, 1.807) is 6.92 Å². The summed E-state index contributed by atoms with van der Waals surface area (Å²) in [6, 6.07) is 0. The maximum Gasteiger partial charge on any atom is 0.306 e. The largest absolute Gasteiger partial charge is 0.481 e.